The molecule has 0 unspecified atom stereocenters. The highest BCUT2D eigenvalue weighted by Gasteiger charge is 2.11. The monoisotopic (exact) mass is 226 g/mol. The maximum absolute atomic E-state index is 5.58. The Morgan fingerprint density at radius 3 is 1.56 bits per heavy atom. The smallest absolute Gasteiger partial charge is 0.234 e. The number of halogens is 4. The maximum Gasteiger partial charge on any atom is 0.519 e. The van der Waals surface area contributed by atoms with Gasteiger partial charge in [0.05, 0.1) is 0 Å². The van der Waals surface area contributed by atoms with Gasteiger partial charge in [0.2, 0.25) is 0 Å². The summed E-state index contributed by atoms with van der Waals surface area (Å²) in [7, 11) is 11.2. The minimum atomic E-state index is -1.28. The molecule has 0 nitrogen and oxygen atoms in total. The number of hydrogen-bond donors (Lipinski definition) is 0. The Labute approximate surface area is 81.9 Å². The molecule has 0 aromatic rings. The van der Waals surface area contributed by atoms with E-state index in [4.69, 9.17) is 20.1 Å². The van der Waals surface area contributed by atoms with Gasteiger partial charge in [-0.1, -0.05) is 25.0 Å². The Hall–Kier alpha value is 1.69. The molecular formula is C4H11AlCl4. The first-order valence-electron chi connectivity index (χ1n) is 2.41. The van der Waals surface area contributed by atoms with Crippen LogP contribution >= 0.6 is 44.9 Å². The van der Waals surface area contributed by atoms with Crippen molar-refractivity contribution in [2.24, 2.45) is 5.92 Å². The second-order valence-electron chi connectivity index (χ2n) is 2.02. The van der Waals surface area contributed by atoms with Gasteiger partial charge in [-0.3, -0.25) is 0 Å². The quantitative estimate of drug-likeness (QED) is 0.635. The van der Waals surface area contributed by atoms with Gasteiger partial charge < -0.3 is 0 Å². The second kappa shape index (κ2) is 9.69. The van der Waals surface area contributed by atoms with E-state index >= 15 is 0 Å². The molecule has 0 aliphatic heterocycles. The number of rotatable bonds is 2. The topological polar surface area (TPSA) is 0 Å². The van der Waals surface area contributed by atoms with E-state index in [2.05, 4.69) is 13.8 Å². The van der Waals surface area contributed by atoms with Gasteiger partial charge in [0, 0.05) is 0 Å². The molecule has 5 heteroatoms. The van der Waals surface area contributed by atoms with Crippen LogP contribution in [0.4, 0.5) is 0 Å². The first-order valence-corrected chi connectivity index (χ1v) is 6.72. The molecular weight excluding hydrogens is 217 g/mol. The minimum absolute atomic E-state index is 0. The molecule has 0 aromatic heterocycles. The van der Waals surface area contributed by atoms with Crippen molar-refractivity contribution in [2.75, 3.05) is 0 Å². The Balaban J connectivity index is -0.000000180. The van der Waals surface area contributed by atoms with Crippen LogP contribution in [0.5, 0.6) is 0 Å². The van der Waals surface area contributed by atoms with Crippen LogP contribution in [0.2, 0.25) is 5.28 Å². The SMILES string of the molecule is CC(C)[CH2][Al]([Cl])[Cl].Cl.Cl. The summed E-state index contributed by atoms with van der Waals surface area (Å²) < 4.78 is 0. The summed E-state index contributed by atoms with van der Waals surface area (Å²) in [6, 6.07) is 0. The third kappa shape index (κ3) is 17.7. The Kier molecular flexibility index (Phi) is 18.3. The summed E-state index contributed by atoms with van der Waals surface area (Å²) in [5.74, 6) is 0.673. The highest BCUT2D eigenvalue weighted by atomic mass is 35.7. The summed E-state index contributed by atoms with van der Waals surface area (Å²) in [4.78, 5) is 0. The van der Waals surface area contributed by atoms with E-state index < -0.39 is 12.3 Å². The summed E-state index contributed by atoms with van der Waals surface area (Å²) in [5, 5.41) is 1.03. The van der Waals surface area contributed by atoms with Gasteiger partial charge in [-0.2, -0.15) is 0 Å². The molecule has 0 radical (unpaired) electrons. The van der Waals surface area contributed by atoms with Gasteiger partial charge in [-0.05, 0) is 0 Å². The first kappa shape index (κ1) is 17.0. The van der Waals surface area contributed by atoms with E-state index in [1.165, 1.54) is 0 Å². The van der Waals surface area contributed by atoms with Crippen molar-refractivity contribution in [3.63, 3.8) is 0 Å². The second-order valence-corrected chi connectivity index (χ2v) is 7.11. The van der Waals surface area contributed by atoms with Gasteiger partial charge >= 0.3 is 12.3 Å². The van der Waals surface area contributed by atoms with Crippen LogP contribution in [0.25, 0.3) is 0 Å². The van der Waals surface area contributed by atoms with Crippen LogP contribution in [0.3, 0.4) is 0 Å². The van der Waals surface area contributed by atoms with Crippen LogP contribution in [0.1, 0.15) is 13.8 Å². The molecule has 0 aliphatic carbocycles. The van der Waals surface area contributed by atoms with Crippen molar-refractivity contribution < 1.29 is 0 Å². The molecule has 58 valence electrons. The van der Waals surface area contributed by atoms with Crippen LogP contribution in [0, 0.1) is 5.92 Å². The Morgan fingerprint density at radius 1 is 1.22 bits per heavy atom. The average Bonchev–Trinajstić information content (AvgIpc) is 1.27. The van der Waals surface area contributed by atoms with E-state index in [0.717, 1.165) is 5.28 Å². The zero-order valence-electron chi connectivity index (χ0n) is 5.43. The molecule has 0 bridgehead atoms. The van der Waals surface area contributed by atoms with E-state index in [1.54, 1.807) is 0 Å². The lowest BCUT2D eigenvalue weighted by Crippen LogP contribution is -1.97. The summed E-state index contributed by atoms with van der Waals surface area (Å²) in [6.07, 6.45) is 0. The van der Waals surface area contributed by atoms with Crippen LogP contribution in [-0.4, -0.2) is 12.3 Å². The third-order valence-corrected chi connectivity index (χ3v) is 3.02. The Morgan fingerprint density at radius 2 is 1.56 bits per heavy atom. The van der Waals surface area contributed by atoms with Gasteiger partial charge in [0.15, 0.2) is 0 Å². The van der Waals surface area contributed by atoms with E-state index in [0.29, 0.717) is 5.92 Å². The standard InChI is InChI=1S/C4H9.Al.4ClH/c1-4(2)3;;;;;/h4H,1H2,2-3H3;;4*1H/q;+2;;;;/p-2. The van der Waals surface area contributed by atoms with Crippen molar-refractivity contribution in [3.8, 4) is 0 Å². The molecule has 0 saturated heterocycles. The molecule has 0 heterocycles. The third-order valence-electron chi connectivity index (χ3n) is 0.650. The van der Waals surface area contributed by atoms with E-state index in [1.807, 2.05) is 0 Å². The first-order chi connectivity index (χ1) is 3.13. The summed E-state index contributed by atoms with van der Waals surface area (Å²) in [6.45, 7) is 4.26. The molecule has 0 spiro atoms. The fraction of sp³-hybridized carbons (Fsp3) is 1.00. The molecule has 0 aliphatic rings. The molecule has 9 heavy (non-hydrogen) atoms. The minimum Gasteiger partial charge on any atom is -0.234 e. The fourth-order valence-electron chi connectivity index (χ4n) is 0.356. The fourth-order valence-corrected chi connectivity index (χ4v) is 3.21. The zero-order chi connectivity index (χ0) is 5.86. The van der Waals surface area contributed by atoms with Gasteiger partial charge in [-0.25, -0.2) is 20.1 Å². The predicted molar refractivity (Wildman–Crippen MR) is 51.6 cm³/mol. The van der Waals surface area contributed by atoms with Crippen molar-refractivity contribution in [2.45, 2.75) is 19.1 Å². The largest absolute Gasteiger partial charge is 0.519 e. The number of hydrogen-bond acceptors (Lipinski definition) is 0. The lowest BCUT2D eigenvalue weighted by Gasteiger charge is -1.97. The van der Waals surface area contributed by atoms with Gasteiger partial charge in [-0.15, -0.1) is 24.8 Å². The van der Waals surface area contributed by atoms with Gasteiger partial charge in [0.25, 0.3) is 0 Å². The maximum atomic E-state index is 5.58. The van der Waals surface area contributed by atoms with Crippen LogP contribution < -0.4 is 0 Å². The predicted octanol–water partition coefficient (Wildman–Crippen LogP) is 3.45. The van der Waals surface area contributed by atoms with Crippen molar-refractivity contribution >= 4 is 57.2 Å². The summed E-state index contributed by atoms with van der Waals surface area (Å²) in [5.41, 5.74) is 0. The molecule has 0 N–H and O–H groups in total. The molecule has 0 rings (SSSR count). The van der Waals surface area contributed by atoms with Crippen molar-refractivity contribution in [1.29, 1.82) is 0 Å². The van der Waals surface area contributed by atoms with Gasteiger partial charge in [0.1, 0.15) is 0 Å². The Bertz CT molecular complexity index is 41.8. The molecule has 0 fully saturated rings. The van der Waals surface area contributed by atoms with E-state index in [-0.39, 0.29) is 24.8 Å². The lowest BCUT2D eigenvalue weighted by molar-refractivity contribution is 0.732. The highest BCUT2D eigenvalue weighted by molar-refractivity contribution is 7.33. The lowest BCUT2D eigenvalue weighted by atomic mass is 10.3. The highest BCUT2D eigenvalue weighted by Crippen LogP contribution is 2.10. The molecule has 0 atom stereocenters. The molecule has 0 amide bonds. The van der Waals surface area contributed by atoms with Crippen LogP contribution in [0.15, 0.2) is 0 Å². The van der Waals surface area contributed by atoms with E-state index in [9.17, 15) is 0 Å². The zero-order valence-corrected chi connectivity index (χ0v) is 9.73. The average molecular weight is 228 g/mol. The molecule has 0 saturated carbocycles. The normalized spacial score (nSPS) is 7.67. The van der Waals surface area contributed by atoms with Crippen LogP contribution in [-0.2, 0) is 0 Å². The van der Waals surface area contributed by atoms with Crippen molar-refractivity contribution in [3.05, 3.63) is 0 Å². The summed E-state index contributed by atoms with van der Waals surface area (Å²) >= 11 is -1.28. The van der Waals surface area contributed by atoms with Crippen molar-refractivity contribution in [1.82, 2.24) is 0 Å². The molecule has 0 aromatic carbocycles.